The van der Waals surface area contributed by atoms with E-state index in [9.17, 15) is 4.79 Å². The van der Waals surface area contributed by atoms with Crippen LogP contribution >= 0.6 is 11.8 Å². The molecule has 5 nitrogen and oxygen atoms in total. The van der Waals surface area contributed by atoms with Gasteiger partial charge in [-0.3, -0.25) is 5.32 Å². The Morgan fingerprint density at radius 2 is 2.00 bits per heavy atom. The summed E-state index contributed by atoms with van der Waals surface area (Å²) in [6, 6.07) is 5.91. The number of hydrogen-bond acceptors (Lipinski definition) is 5. The molecule has 0 aromatic heterocycles. The molecule has 1 amide bonds. The largest absolute Gasteiger partial charge is 0.497 e. The molecule has 0 bridgehead atoms. The number of hydrogen-bond donors (Lipinski definition) is 2. The summed E-state index contributed by atoms with van der Waals surface area (Å²) in [5, 5.41) is 6.46. The Labute approximate surface area is 155 Å². The lowest BCUT2D eigenvalue weighted by atomic mass is 9.82. The van der Waals surface area contributed by atoms with E-state index in [0.29, 0.717) is 11.7 Å². The highest BCUT2D eigenvalue weighted by molar-refractivity contribution is 7.99. The fourth-order valence-electron chi connectivity index (χ4n) is 2.65. The van der Waals surface area contributed by atoms with Gasteiger partial charge in [-0.15, -0.1) is 0 Å². The number of anilines is 2. The van der Waals surface area contributed by atoms with Gasteiger partial charge in [0.2, 0.25) is 0 Å². The maximum Gasteiger partial charge on any atom is 0.412 e. The van der Waals surface area contributed by atoms with E-state index >= 15 is 0 Å². The zero-order chi connectivity index (χ0) is 18.7. The molecule has 1 atom stereocenters. The van der Waals surface area contributed by atoms with E-state index in [1.807, 2.05) is 50.7 Å². The van der Waals surface area contributed by atoms with Gasteiger partial charge in [-0.05, 0) is 50.5 Å². The summed E-state index contributed by atoms with van der Waals surface area (Å²) in [5.41, 5.74) is 1.20. The molecule has 1 unspecified atom stereocenters. The van der Waals surface area contributed by atoms with Crippen molar-refractivity contribution in [1.82, 2.24) is 0 Å². The highest BCUT2D eigenvalue weighted by Gasteiger charge is 2.33. The molecule has 0 spiro atoms. The molecule has 1 heterocycles. The lowest BCUT2D eigenvalue weighted by Gasteiger charge is -2.39. The Bertz CT molecular complexity index is 611. The van der Waals surface area contributed by atoms with Crippen LogP contribution in [0.15, 0.2) is 18.2 Å². The molecular weight excluding hydrogens is 336 g/mol. The lowest BCUT2D eigenvalue weighted by Crippen LogP contribution is -2.41. The van der Waals surface area contributed by atoms with Crippen LogP contribution in [0.25, 0.3) is 0 Å². The highest BCUT2D eigenvalue weighted by Crippen LogP contribution is 2.38. The van der Waals surface area contributed by atoms with Crippen LogP contribution < -0.4 is 15.4 Å². The minimum Gasteiger partial charge on any atom is -0.497 e. The third-order valence-corrected chi connectivity index (χ3v) is 5.37. The van der Waals surface area contributed by atoms with Crippen molar-refractivity contribution in [2.24, 2.45) is 5.41 Å². The van der Waals surface area contributed by atoms with E-state index < -0.39 is 11.7 Å². The number of methoxy groups -OCH3 is 1. The van der Waals surface area contributed by atoms with Crippen molar-refractivity contribution in [3.8, 4) is 5.75 Å². The predicted octanol–water partition coefficient (Wildman–Crippen LogP) is 4.99. The van der Waals surface area contributed by atoms with E-state index in [4.69, 9.17) is 9.47 Å². The first-order chi connectivity index (χ1) is 11.6. The predicted molar refractivity (Wildman–Crippen MR) is 106 cm³/mol. The number of carbonyl (C=O) groups excluding carboxylic acids is 1. The molecule has 6 heteroatoms. The van der Waals surface area contributed by atoms with Crippen LogP contribution in [0.3, 0.4) is 0 Å². The highest BCUT2D eigenvalue weighted by atomic mass is 32.2. The van der Waals surface area contributed by atoms with Crippen molar-refractivity contribution in [2.75, 3.05) is 29.2 Å². The average Bonchev–Trinajstić information content (AvgIpc) is 2.49. The number of amides is 1. The van der Waals surface area contributed by atoms with Crippen LogP contribution in [0, 0.1) is 5.41 Å². The Hall–Kier alpha value is -1.56. The van der Waals surface area contributed by atoms with Gasteiger partial charge in [0.15, 0.2) is 0 Å². The fourth-order valence-corrected chi connectivity index (χ4v) is 4.26. The fraction of sp³-hybridized carbons (Fsp3) is 0.632. The zero-order valence-corrected chi connectivity index (χ0v) is 16.9. The second-order valence-electron chi connectivity index (χ2n) is 8.05. The van der Waals surface area contributed by atoms with E-state index in [1.54, 1.807) is 7.11 Å². The maximum atomic E-state index is 12.2. The van der Waals surface area contributed by atoms with Gasteiger partial charge in [0.1, 0.15) is 11.4 Å². The van der Waals surface area contributed by atoms with Crippen LogP contribution in [0.4, 0.5) is 16.2 Å². The van der Waals surface area contributed by atoms with Crippen molar-refractivity contribution < 1.29 is 14.3 Å². The summed E-state index contributed by atoms with van der Waals surface area (Å²) in [5.74, 6) is 2.97. The first-order valence-electron chi connectivity index (χ1n) is 8.63. The lowest BCUT2D eigenvalue weighted by molar-refractivity contribution is 0.0636. The number of ether oxygens (including phenoxy) is 2. The van der Waals surface area contributed by atoms with Gasteiger partial charge in [0.25, 0.3) is 0 Å². The first-order valence-corrected chi connectivity index (χ1v) is 9.78. The SMILES string of the molecule is COc1ccc(NC(=O)OC(C)(C)C)c(NC2CSCCC2(C)C)c1. The summed E-state index contributed by atoms with van der Waals surface area (Å²) in [6.07, 6.45) is 0.701. The van der Waals surface area contributed by atoms with Gasteiger partial charge in [-0.2, -0.15) is 11.8 Å². The van der Waals surface area contributed by atoms with E-state index in [2.05, 4.69) is 24.5 Å². The molecule has 1 aromatic carbocycles. The number of carbonyl (C=O) groups is 1. The van der Waals surface area contributed by atoms with Crippen LogP contribution in [0.2, 0.25) is 0 Å². The Morgan fingerprint density at radius 1 is 1.28 bits per heavy atom. The number of benzene rings is 1. The van der Waals surface area contributed by atoms with Crippen molar-refractivity contribution in [2.45, 2.75) is 52.7 Å². The quantitative estimate of drug-likeness (QED) is 0.786. The molecule has 1 aliphatic heterocycles. The van der Waals surface area contributed by atoms with Gasteiger partial charge in [-0.25, -0.2) is 4.79 Å². The molecule has 140 valence electrons. The molecule has 25 heavy (non-hydrogen) atoms. The summed E-state index contributed by atoms with van der Waals surface area (Å²) in [6.45, 7) is 10.1. The molecular formula is C19H30N2O3S. The Kier molecular flexibility index (Phi) is 6.14. The van der Waals surface area contributed by atoms with Crippen LogP contribution in [-0.4, -0.2) is 36.4 Å². The van der Waals surface area contributed by atoms with E-state index in [-0.39, 0.29) is 5.41 Å². The molecule has 1 aromatic rings. The van der Waals surface area contributed by atoms with Gasteiger partial charge < -0.3 is 14.8 Å². The molecule has 2 N–H and O–H groups in total. The van der Waals surface area contributed by atoms with Crippen LogP contribution in [-0.2, 0) is 4.74 Å². The minimum atomic E-state index is -0.536. The Balaban J connectivity index is 2.21. The molecule has 0 saturated carbocycles. The smallest absolute Gasteiger partial charge is 0.412 e. The summed E-state index contributed by atoms with van der Waals surface area (Å²) >= 11 is 1.96. The second-order valence-corrected chi connectivity index (χ2v) is 9.20. The number of rotatable bonds is 4. The minimum absolute atomic E-state index is 0.192. The van der Waals surface area contributed by atoms with E-state index in [1.165, 1.54) is 5.75 Å². The number of thioether (sulfide) groups is 1. The molecule has 1 aliphatic rings. The molecule has 2 rings (SSSR count). The van der Waals surface area contributed by atoms with Crippen molar-refractivity contribution in [3.05, 3.63) is 18.2 Å². The van der Waals surface area contributed by atoms with Gasteiger partial charge in [-0.1, -0.05) is 13.8 Å². The monoisotopic (exact) mass is 366 g/mol. The molecule has 1 saturated heterocycles. The summed E-state index contributed by atoms with van der Waals surface area (Å²) in [7, 11) is 1.64. The van der Waals surface area contributed by atoms with Crippen LogP contribution in [0.1, 0.15) is 41.0 Å². The zero-order valence-electron chi connectivity index (χ0n) is 16.1. The summed E-state index contributed by atoms with van der Waals surface area (Å²) < 4.78 is 10.7. The average molecular weight is 367 g/mol. The third-order valence-electron chi connectivity index (χ3n) is 4.31. The van der Waals surface area contributed by atoms with Crippen molar-refractivity contribution in [1.29, 1.82) is 0 Å². The van der Waals surface area contributed by atoms with Crippen LogP contribution in [0.5, 0.6) is 5.75 Å². The molecule has 1 fully saturated rings. The maximum absolute atomic E-state index is 12.2. The standard InChI is InChI=1S/C19H30N2O3S/c1-18(2,3)24-17(22)21-14-8-7-13(23-6)11-15(14)20-16-12-25-10-9-19(16,4)5/h7-8,11,16,20H,9-10,12H2,1-6H3,(H,21,22). The van der Waals surface area contributed by atoms with Gasteiger partial charge in [0, 0.05) is 17.9 Å². The first kappa shape index (κ1) is 19.8. The topological polar surface area (TPSA) is 59.6 Å². The second kappa shape index (κ2) is 7.77. The van der Waals surface area contributed by atoms with E-state index in [0.717, 1.165) is 23.6 Å². The normalized spacial score (nSPS) is 19.8. The summed E-state index contributed by atoms with van der Waals surface area (Å²) in [4.78, 5) is 12.2. The Morgan fingerprint density at radius 3 is 2.60 bits per heavy atom. The number of nitrogens with one attached hydrogen (secondary N) is 2. The van der Waals surface area contributed by atoms with Gasteiger partial charge in [0.05, 0.1) is 18.5 Å². The molecule has 0 aliphatic carbocycles. The molecule has 0 radical (unpaired) electrons. The van der Waals surface area contributed by atoms with Gasteiger partial charge >= 0.3 is 6.09 Å². The van der Waals surface area contributed by atoms with Crippen molar-refractivity contribution >= 4 is 29.2 Å². The van der Waals surface area contributed by atoms with Crippen molar-refractivity contribution in [3.63, 3.8) is 0 Å². The third kappa shape index (κ3) is 5.73.